The fourth-order valence-electron chi connectivity index (χ4n) is 2.36. The Balaban J connectivity index is 2.71. The quantitative estimate of drug-likeness (QED) is 0.764. The van der Waals surface area contributed by atoms with Crippen molar-refractivity contribution in [2.24, 2.45) is 5.73 Å². The molecule has 1 heterocycles. The maximum absolute atomic E-state index is 12.6. The fourth-order valence-corrected chi connectivity index (χ4v) is 3.59. The number of carbonyl (C=O) groups excluding carboxylic acids is 1. The van der Waals surface area contributed by atoms with Gasteiger partial charge in [-0.3, -0.25) is 4.79 Å². The van der Waals surface area contributed by atoms with E-state index in [0.29, 0.717) is 19.2 Å². The average Bonchev–Trinajstić information content (AvgIpc) is 2.83. The van der Waals surface area contributed by atoms with Crippen LogP contribution >= 0.6 is 11.8 Å². The lowest BCUT2D eigenvalue weighted by molar-refractivity contribution is -0.139. The Morgan fingerprint density at radius 2 is 2.33 bits per heavy atom. The van der Waals surface area contributed by atoms with E-state index in [1.54, 1.807) is 7.11 Å². The number of carbonyl (C=O) groups is 1. The van der Waals surface area contributed by atoms with Crippen molar-refractivity contribution >= 4 is 17.7 Å². The topological polar surface area (TPSA) is 55.6 Å². The van der Waals surface area contributed by atoms with Crippen molar-refractivity contribution in [3.05, 3.63) is 0 Å². The summed E-state index contributed by atoms with van der Waals surface area (Å²) in [6, 6.07) is 0.331. The van der Waals surface area contributed by atoms with E-state index in [1.165, 1.54) is 0 Å². The molecule has 0 aromatic carbocycles. The van der Waals surface area contributed by atoms with E-state index in [-0.39, 0.29) is 5.91 Å². The average molecular weight is 274 g/mol. The molecule has 5 heteroatoms. The van der Waals surface area contributed by atoms with Crippen LogP contribution in [0, 0.1) is 0 Å². The largest absolute Gasteiger partial charge is 0.383 e. The zero-order valence-electron chi connectivity index (χ0n) is 11.8. The third-order valence-electron chi connectivity index (χ3n) is 3.40. The number of nitrogens with two attached hydrogens (primary N) is 1. The molecule has 106 valence electrons. The minimum atomic E-state index is -0.740. The minimum Gasteiger partial charge on any atom is -0.383 e. The normalized spacial score (nSPS) is 22.8. The molecule has 18 heavy (non-hydrogen) atoms. The Morgan fingerprint density at radius 3 is 2.83 bits per heavy atom. The summed E-state index contributed by atoms with van der Waals surface area (Å²) in [4.78, 5) is 14.5. The van der Waals surface area contributed by atoms with Crippen LogP contribution in [0.5, 0.6) is 0 Å². The zero-order chi connectivity index (χ0) is 13.6. The van der Waals surface area contributed by atoms with Gasteiger partial charge in [-0.25, -0.2) is 0 Å². The van der Waals surface area contributed by atoms with Gasteiger partial charge >= 0.3 is 0 Å². The lowest BCUT2D eigenvalue weighted by atomic mass is 9.95. The van der Waals surface area contributed by atoms with E-state index in [2.05, 4.69) is 6.92 Å². The zero-order valence-corrected chi connectivity index (χ0v) is 12.6. The van der Waals surface area contributed by atoms with Crippen molar-refractivity contribution in [2.45, 2.75) is 44.7 Å². The molecule has 0 radical (unpaired) electrons. The molecule has 0 aromatic rings. The first-order chi connectivity index (χ1) is 8.53. The molecule has 4 nitrogen and oxygen atoms in total. The summed E-state index contributed by atoms with van der Waals surface area (Å²) in [6.07, 6.45) is 2.73. The van der Waals surface area contributed by atoms with Gasteiger partial charge in [0.2, 0.25) is 5.91 Å². The van der Waals surface area contributed by atoms with Gasteiger partial charge in [0.15, 0.2) is 0 Å². The highest BCUT2D eigenvalue weighted by Crippen LogP contribution is 2.25. The lowest BCUT2D eigenvalue weighted by Crippen LogP contribution is -2.56. The molecule has 0 aromatic heterocycles. The lowest BCUT2D eigenvalue weighted by Gasteiger charge is -2.35. The number of ether oxygens (including phenoxy) is 1. The molecule has 2 atom stereocenters. The van der Waals surface area contributed by atoms with Crippen molar-refractivity contribution in [1.82, 2.24) is 4.90 Å². The van der Waals surface area contributed by atoms with E-state index in [0.717, 1.165) is 30.8 Å². The number of methoxy groups -OCH3 is 1. The molecule has 1 saturated heterocycles. The van der Waals surface area contributed by atoms with Crippen molar-refractivity contribution in [1.29, 1.82) is 0 Å². The van der Waals surface area contributed by atoms with Crippen LogP contribution in [0.4, 0.5) is 0 Å². The number of rotatable bonds is 7. The van der Waals surface area contributed by atoms with Gasteiger partial charge in [-0.2, -0.15) is 11.8 Å². The van der Waals surface area contributed by atoms with Gasteiger partial charge in [0.1, 0.15) is 0 Å². The maximum Gasteiger partial charge on any atom is 0.242 e. The molecule has 0 saturated carbocycles. The minimum absolute atomic E-state index is 0.0777. The number of hydrogen-bond acceptors (Lipinski definition) is 4. The van der Waals surface area contributed by atoms with Crippen molar-refractivity contribution in [2.75, 3.05) is 31.8 Å². The molecular formula is C13H26N2O2S. The molecule has 1 rings (SSSR count). The summed E-state index contributed by atoms with van der Waals surface area (Å²) in [5.41, 5.74) is 5.43. The predicted molar refractivity (Wildman–Crippen MR) is 76.8 cm³/mol. The molecule has 1 aliphatic heterocycles. The highest BCUT2D eigenvalue weighted by atomic mass is 32.2. The molecule has 2 N–H and O–H groups in total. The third-order valence-corrected chi connectivity index (χ3v) is 4.55. The van der Waals surface area contributed by atoms with Gasteiger partial charge in [0.05, 0.1) is 12.1 Å². The molecule has 0 bridgehead atoms. The summed E-state index contributed by atoms with van der Waals surface area (Å²) in [5, 5.41) is 0. The van der Waals surface area contributed by atoms with Crippen LogP contribution in [0.3, 0.4) is 0 Å². The predicted octanol–water partition coefficient (Wildman–Crippen LogP) is 1.48. The Labute approximate surface area is 115 Å². The van der Waals surface area contributed by atoms with Crippen molar-refractivity contribution in [3.8, 4) is 0 Å². The van der Waals surface area contributed by atoms with Crippen LogP contribution in [0.15, 0.2) is 0 Å². The van der Waals surface area contributed by atoms with E-state index >= 15 is 0 Å². The van der Waals surface area contributed by atoms with E-state index < -0.39 is 5.54 Å². The first-order valence-corrected chi connectivity index (χ1v) is 7.85. The highest BCUT2D eigenvalue weighted by Gasteiger charge is 2.36. The van der Waals surface area contributed by atoms with Gasteiger partial charge in [-0.15, -0.1) is 0 Å². The van der Waals surface area contributed by atoms with Crippen LogP contribution in [0.2, 0.25) is 0 Å². The van der Waals surface area contributed by atoms with Crippen LogP contribution in [0.1, 0.15) is 33.1 Å². The molecule has 1 aliphatic rings. The summed E-state index contributed by atoms with van der Waals surface area (Å²) >= 11 is 1.91. The van der Waals surface area contributed by atoms with E-state index in [9.17, 15) is 4.79 Å². The van der Waals surface area contributed by atoms with Crippen LogP contribution in [-0.4, -0.2) is 54.2 Å². The van der Waals surface area contributed by atoms with Crippen molar-refractivity contribution in [3.63, 3.8) is 0 Å². The maximum atomic E-state index is 12.6. The number of nitrogens with zero attached hydrogens (tertiary/aromatic N) is 1. The summed E-state index contributed by atoms with van der Waals surface area (Å²) in [6.45, 7) is 5.14. The van der Waals surface area contributed by atoms with Crippen LogP contribution in [0.25, 0.3) is 0 Å². The number of thioether (sulfide) groups is 1. The Kier molecular flexibility index (Phi) is 6.46. The monoisotopic (exact) mass is 274 g/mol. The Morgan fingerprint density at radius 1 is 1.61 bits per heavy atom. The van der Waals surface area contributed by atoms with Crippen molar-refractivity contribution < 1.29 is 9.53 Å². The highest BCUT2D eigenvalue weighted by molar-refractivity contribution is 7.99. The molecule has 0 spiro atoms. The molecule has 1 amide bonds. The second-order valence-corrected chi connectivity index (χ2v) is 6.33. The molecule has 0 aliphatic carbocycles. The third kappa shape index (κ3) is 4.14. The molecule has 2 unspecified atom stereocenters. The van der Waals surface area contributed by atoms with Gasteiger partial charge in [-0.05, 0) is 25.5 Å². The number of hydrogen-bond donors (Lipinski definition) is 1. The number of amides is 1. The molecular weight excluding hydrogens is 248 g/mol. The van der Waals surface area contributed by atoms with Crippen LogP contribution in [-0.2, 0) is 9.53 Å². The standard InChI is InChI=1S/C13H26N2O2S/c1-4-6-13(2,14)12(16)15(7-8-17-3)11-5-9-18-10-11/h11H,4-10,14H2,1-3H3. The molecule has 1 fully saturated rings. The van der Waals surface area contributed by atoms with E-state index in [4.69, 9.17) is 10.5 Å². The first kappa shape index (κ1) is 15.8. The second-order valence-electron chi connectivity index (χ2n) is 5.18. The smallest absolute Gasteiger partial charge is 0.242 e. The van der Waals surface area contributed by atoms with Crippen LogP contribution < -0.4 is 5.73 Å². The Hall–Kier alpha value is -0.260. The van der Waals surface area contributed by atoms with Gasteiger partial charge in [0, 0.05) is 25.4 Å². The first-order valence-electron chi connectivity index (χ1n) is 6.69. The Bertz CT molecular complexity index is 266. The van der Waals surface area contributed by atoms with Gasteiger partial charge in [-0.1, -0.05) is 13.3 Å². The summed E-state index contributed by atoms with van der Waals surface area (Å²) in [7, 11) is 1.67. The van der Waals surface area contributed by atoms with Gasteiger partial charge < -0.3 is 15.4 Å². The fraction of sp³-hybridized carbons (Fsp3) is 0.923. The second kappa shape index (κ2) is 7.36. The van der Waals surface area contributed by atoms with Gasteiger partial charge in [0.25, 0.3) is 0 Å². The summed E-state index contributed by atoms with van der Waals surface area (Å²) < 4.78 is 5.11. The summed E-state index contributed by atoms with van der Waals surface area (Å²) in [5.74, 6) is 2.24. The SMILES string of the molecule is CCCC(C)(N)C(=O)N(CCOC)C1CCSC1. The van der Waals surface area contributed by atoms with E-state index in [1.807, 2.05) is 23.6 Å².